The van der Waals surface area contributed by atoms with Crippen molar-refractivity contribution in [2.45, 2.75) is 26.7 Å². The van der Waals surface area contributed by atoms with Gasteiger partial charge in [0.15, 0.2) is 6.61 Å². The molecule has 0 amide bonds. The maximum absolute atomic E-state index is 12.1. The maximum Gasteiger partial charge on any atom is 0.203 e. The lowest BCUT2D eigenvalue weighted by molar-refractivity contribution is 0.0918. The molecule has 0 spiro atoms. The van der Waals surface area contributed by atoms with E-state index in [1.165, 1.54) is 17.7 Å². The summed E-state index contributed by atoms with van der Waals surface area (Å²) >= 11 is 0. The third-order valence-electron chi connectivity index (χ3n) is 3.53. The molecule has 2 aromatic rings. The van der Waals surface area contributed by atoms with Crippen LogP contribution in [0.15, 0.2) is 36.4 Å². The normalized spacial score (nSPS) is 10.5. The van der Waals surface area contributed by atoms with Crippen LogP contribution in [0.2, 0.25) is 0 Å². The van der Waals surface area contributed by atoms with Crippen molar-refractivity contribution in [1.29, 1.82) is 0 Å². The molecule has 2 N–H and O–H groups in total. The first-order valence-electron chi connectivity index (χ1n) is 7.29. The van der Waals surface area contributed by atoms with E-state index in [4.69, 9.17) is 4.74 Å². The highest BCUT2D eigenvalue weighted by Gasteiger charge is 2.15. The average Bonchev–Trinajstić information content (AvgIpc) is 2.52. The molecule has 0 aromatic heterocycles. The highest BCUT2D eigenvalue weighted by atomic mass is 16.5. The Kier molecular flexibility index (Phi) is 5.04. The molecule has 0 heterocycles. The van der Waals surface area contributed by atoms with Gasteiger partial charge in [0, 0.05) is 5.56 Å². The fraction of sp³-hybridized carbons (Fsp3) is 0.278. The van der Waals surface area contributed by atoms with Gasteiger partial charge in [-0.25, -0.2) is 0 Å². The zero-order valence-electron chi connectivity index (χ0n) is 12.8. The van der Waals surface area contributed by atoms with E-state index >= 15 is 0 Å². The molecule has 0 atom stereocenters. The zero-order chi connectivity index (χ0) is 16.1. The number of carbonyl (C=O) groups excluding carboxylic acids is 1. The number of hydrogen-bond acceptors (Lipinski definition) is 4. The maximum atomic E-state index is 12.1. The largest absolute Gasteiger partial charge is 0.508 e. The van der Waals surface area contributed by atoms with Gasteiger partial charge in [-0.05, 0) is 43.2 Å². The van der Waals surface area contributed by atoms with Gasteiger partial charge in [0.1, 0.15) is 17.2 Å². The van der Waals surface area contributed by atoms with Crippen molar-refractivity contribution in [3.05, 3.63) is 53.1 Å². The number of Topliss-reactive ketones (excluding diaryl/α,β-unsaturated/α-hetero) is 1. The fourth-order valence-electron chi connectivity index (χ4n) is 2.18. The third kappa shape index (κ3) is 3.58. The Bertz CT molecular complexity index is 660. The third-order valence-corrected chi connectivity index (χ3v) is 3.53. The Balaban J connectivity index is 2.02. The first-order chi connectivity index (χ1) is 10.5. The van der Waals surface area contributed by atoms with Crippen molar-refractivity contribution < 1.29 is 19.7 Å². The molecule has 0 aliphatic rings. The summed E-state index contributed by atoms with van der Waals surface area (Å²) in [5.41, 5.74) is 1.67. The fourth-order valence-corrected chi connectivity index (χ4v) is 2.18. The molecule has 0 aliphatic carbocycles. The number of benzene rings is 2. The van der Waals surface area contributed by atoms with E-state index in [-0.39, 0.29) is 35.0 Å². The van der Waals surface area contributed by atoms with Crippen LogP contribution in [-0.4, -0.2) is 22.6 Å². The smallest absolute Gasteiger partial charge is 0.203 e. The predicted octanol–water partition coefficient (Wildman–Crippen LogP) is 3.62. The Morgan fingerprint density at radius 3 is 2.41 bits per heavy atom. The van der Waals surface area contributed by atoms with Gasteiger partial charge in [0.2, 0.25) is 5.78 Å². The molecule has 0 fully saturated rings. The Morgan fingerprint density at radius 1 is 1.09 bits per heavy atom. The molecule has 4 heteroatoms. The van der Waals surface area contributed by atoms with Crippen molar-refractivity contribution in [3.63, 3.8) is 0 Å². The van der Waals surface area contributed by atoms with E-state index in [2.05, 4.69) is 6.92 Å². The van der Waals surface area contributed by atoms with Gasteiger partial charge in [0.05, 0.1) is 5.56 Å². The van der Waals surface area contributed by atoms with Crippen LogP contribution in [0.4, 0.5) is 0 Å². The molecule has 0 saturated heterocycles. The topological polar surface area (TPSA) is 66.8 Å². The van der Waals surface area contributed by atoms with E-state index in [1.807, 2.05) is 24.3 Å². The Labute approximate surface area is 130 Å². The van der Waals surface area contributed by atoms with Gasteiger partial charge in [-0.2, -0.15) is 0 Å². The molecular weight excluding hydrogens is 280 g/mol. The van der Waals surface area contributed by atoms with E-state index in [0.29, 0.717) is 5.75 Å². The van der Waals surface area contributed by atoms with Gasteiger partial charge >= 0.3 is 0 Å². The van der Waals surface area contributed by atoms with Gasteiger partial charge < -0.3 is 14.9 Å². The number of ketones is 1. The molecule has 116 valence electrons. The van der Waals surface area contributed by atoms with Crippen molar-refractivity contribution in [1.82, 2.24) is 0 Å². The van der Waals surface area contributed by atoms with E-state index in [0.717, 1.165) is 12.8 Å². The summed E-state index contributed by atoms with van der Waals surface area (Å²) in [6.45, 7) is 3.51. The molecule has 4 nitrogen and oxygen atoms in total. The summed E-state index contributed by atoms with van der Waals surface area (Å²) in [5.74, 6) is 0.0369. The summed E-state index contributed by atoms with van der Waals surface area (Å²) in [4.78, 5) is 12.1. The number of aromatic hydroxyl groups is 2. The molecule has 0 radical (unpaired) electrons. The molecule has 22 heavy (non-hydrogen) atoms. The first-order valence-corrected chi connectivity index (χ1v) is 7.29. The summed E-state index contributed by atoms with van der Waals surface area (Å²) in [5, 5.41) is 19.4. The van der Waals surface area contributed by atoms with Crippen LogP contribution >= 0.6 is 0 Å². The van der Waals surface area contributed by atoms with Crippen LogP contribution in [0.1, 0.15) is 34.8 Å². The number of phenolic OH excluding ortho intramolecular Hbond substituents is 2. The van der Waals surface area contributed by atoms with Crippen LogP contribution in [0.25, 0.3) is 0 Å². The van der Waals surface area contributed by atoms with Gasteiger partial charge in [-0.3, -0.25) is 4.79 Å². The minimum Gasteiger partial charge on any atom is -0.508 e. The summed E-state index contributed by atoms with van der Waals surface area (Å²) in [7, 11) is 0. The Morgan fingerprint density at radius 2 is 1.77 bits per heavy atom. The summed E-state index contributed by atoms with van der Waals surface area (Å²) in [6.07, 6.45) is 2.10. The summed E-state index contributed by atoms with van der Waals surface area (Å²) in [6, 6.07) is 10.4. The monoisotopic (exact) mass is 300 g/mol. The zero-order valence-corrected chi connectivity index (χ0v) is 12.8. The second-order valence-corrected chi connectivity index (χ2v) is 5.21. The van der Waals surface area contributed by atoms with Crippen molar-refractivity contribution >= 4 is 5.78 Å². The number of ether oxygens (including phenoxy) is 1. The number of phenols is 2. The van der Waals surface area contributed by atoms with Crippen LogP contribution < -0.4 is 4.74 Å². The second-order valence-electron chi connectivity index (χ2n) is 5.21. The van der Waals surface area contributed by atoms with Crippen LogP contribution in [0, 0.1) is 6.92 Å². The van der Waals surface area contributed by atoms with Gasteiger partial charge in [0.25, 0.3) is 0 Å². The van der Waals surface area contributed by atoms with Crippen LogP contribution in [0.5, 0.6) is 17.2 Å². The molecule has 2 aromatic carbocycles. The van der Waals surface area contributed by atoms with E-state index < -0.39 is 0 Å². The Hall–Kier alpha value is -2.49. The van der Waals surface area contributed by atoms with Gasteiger partial charge in [-0.15, -0.1) is 0 Å². The van der Waals surface area contributed by atoms with Crippen molar-refractivity contribution in [2.24, 2.45) is 0 Å². The predicted molar refractivity (Wildman–Crippen MR) is 84.8 cm³/mol. The number of hydrogen-bond donors (Lipinski definition) is 2. The van der Waals surface area contributed by atoms with Crippen LogP contribution in [-0.2, 0) is 6.42 Å². The van der Waals surface area contributed by atoms with E-state index in [9.17, 15) is 15.0 Å². The molecule has 0 unspecified atom stereocenters. The number of rotatable bonds is 6. The lowest BCUT2D eigenvalue weighted by Crippen LogP contribution is -2.12. The number of carbonyl (C=O) groups is 1. The molecule has 0 saturated carbocycles. The lowest BCUT2D eigenvalue weighted by Gasteiger charge is -2.09. The van der Waals surface area contributed by atoms with E-state index in [1.54, 1.807) is 6.92 Å². The standard InChI is InChI=1S/C18H20O4/c1-3-4-13-5-7-14(8-6-13)22-11-17(20)15-9-10-16(19)12(2)18(15)21/h5-10,19,21H,3-4,11H2,1-2H3. The minimum absolute atomic E-state index is 0.0403. The number of aryl methyl sites for hydroxylation is 1. The second kappa shape index (κ2) is 6.98. The highest BCUT2D eigenvalue weighted by Crippen LogP contribution is 2.29. The van der Waals surface area contributed by atoms with Crippen molar-refractivity contribution in [3.8, 4) is 17.2 Å². The van der Waals surface area contributed by atoms with Crippen molar-refractivity contribution in [2.75, 3.05) is 6.61 Å². The molecule has 0 bridgehead atoms. The average molecular weight is 300 g/mol. The molecule has 0 aliphatic heterocycles. The lowest BCUT2D eigenvalue weighted by atomic mass is 10.1. The van der Waals surface area contributed by atoms with Crippen LogP contribution in [0.3, 0.4) is 0 Å². The van der Waals surface area contributed by atoms with Gasteiger partial charge in [-0.1, -0.05) is 25.5 Å². The first kappa shape index (κ1) is 15.9. The minimum atomic E-state index is -0.335. The highest BCUT2D eigenvalue weighted by molar-refractivity contribution is 6.00. The molecular formula is C18H20O4. The molecule has 2 rings (SSSR count). The summed E-state index contributed by atoms with van der Waals surface area (Å²) < 4.78 is 5.46. The SMILES string of the molecule is CCCc1ccc(OCC(=O)c2ccc(O)c(C)c2O)cc1. The quantitative estimate of drug-likeness (QED) is 0.800.